The maximum Gasteiger partial charge on any atom is 0.147 e. The average Bonchev–Trinajstić information content (AvgIpc) is 2.39. The van der Waals surface area contributed by atoms with Crippen LogP contribution in [0.25, 0.3) is 0 Å². The van der Waals surface area contributed by atoms with Crippen molar-refractivity contribution in [3.8, 4) is 11.5 Å². The van der Waals surface area contributed by atoms with E-state index in [0.717, 1.165) is 24.4 Å². The maximum absolute atomic E-state index is 5.88. The first-order valence-electron chi connectivity index (χ1n) is 6.27. The quantitative estimate of drug-likeness (QED) is 0.898. The minimum atomic E-state index is 0.568. The van der Waals surface area contributed by atoms with E-state index in [2.05, 4.69) is 29.4 Å². The zero-order chi connectivity index (χ0) is 13.7. The van der Waals surface area contributed by atoms with Crippen molar-refractivity contribution in [2.24, 2.45) is 0 Å². The largest absolute Gasteiger partial charge is 0.455 e. The molecule has 2 aromatic rings. The van der Waals surface area contributed by atoms with Crippen LogP contribution in [0.5, 0.6) is 11.5 Å². The summed E-state index contributed by atoms with van der Waals surface area (Å²) in [5, 5.41) is 3.87. The molecule has 4 heteroatoms. The van der Waals surface area contributed by atoms with E-state index in [1.807, 2.05) is 13.0 Å². The van der Waals surface area contributed by atoms with Crippen LogP contribution in [0.4, 0.5) is 0 Å². The Morgan fingerprint density at radius 1 is 1.26 bits per heavy atom. The van der Waals surface area contributed by atoms with E-state index < -0.39 is 0 Å². The topological polar surface area (TPSA) is 34.1 Å². The summed E-state index contributed by atoms with van der Waals surface area (Å²) < 4.78 is 5.78. The fourth-order valence-corrected chi connectivity index (χ4v) is 1.94. The van der Waals surface area contributed by atoms with Crippen LogP contribution < -0.4 is 10.1 Å². The highest BCUT2D eigenvalue weighted by Crippen LogP contribution is 2.26. The van der Waals surface area contributed by atoms with Gasteiger partial charge in [-0.05, 0) is 30.7 Å². The zero-order valence-corrected chi connectivity index (χ0v) is 11.9. The SMILES string of the molecule is CCNCc1ccc(Oc2cncc(Cl)c2)c(C)c1. The van der Waals surface area contributed by atoms with Crippen molar-refractivity contribution in [2.45, 2.75) is 20.4 Å². The molecular weight excluding hydrogens is 260 g/mol. The molecule has 0 unspecified atom stereocenters. The number of ether oxygens (including phenoxy) is 1. The number of halogens is 1. The molecule has 2 rings (SSSR count). The molecule has 0 bridgehead atoms. The molecular formula is C15H17ClN2O. The van der Waals surface area contributed by atoms with Crippen molar-refractivity contribution in [1.29, 1.82) is 0 Å². The lowest BCUT2D eigenvalue weighted by Crippen LogP contribution is -2.11. The Labute approximate surface area is 118 Å². The number of aryl methyl sites for hydroxylation is 1. The Kier molecular flexibility index (Phi) is 4.77. The molecule has 100 valence electrons. The minimum absolute atomic E-state index is 0.568. The molecule has 1 aromatic heterocycles. The zero-order valence-electron chi connectivity index (χ0n) is 11.1. The molecule has 0 fully saturated rings. The molecule has 0 spiro atoms. The van der Waals surface area contributed by atoms with Crippen molar-refractivity contribution < 1.29 is 4.74 Å². The third-order valence-electron chi connectivity index (χ3n) is 2.73. The van der Waals surface area contributed by atoms with Gasteiger partial charge in [-0.25, -0.2) is 0 Å². The fraction of sp³-hybridized carbons (Fsp3) is 0.267. The van der Waals surface area contributed by atoms with Crippen LogP contribution in [0, 0.1) is 6.92 Å². The van der Waals surface area contributed by atoms with Crippen molar-refractivity contribution in [2.75, 3.05) is 6.54 Å². The normalized spacial score (nSPS) is 10.5. The van der Waals surface area contributed by atoms with Crippen molar-refractivity contribution >= 4 is 11.6 Å². The van der Waals surface area contributed by atoms with E-state index in [1.54, 1.807) is 18.5 Å². The highest BCUT2D eigenvalue weighted by molar-refractivity contribution is 6.30. The molecule has 0 aliphatic rings. The van der Waals surface area contributed by atoms with Crippen molar-refractivity contribution in [3.05, 3.63) is 52.8 Å². The number of pyridine rings is 1. The molecule has 0 aliphatic carbocycles. The Morgan fingerprint density at radius 2 is 2.11 bits per heavy atom. The smallest absolute Gasteiger partial charge is 0.147 e. The molecule has 0 atom stereocenters. The van der Waals surface area contributed by atoms with Crippen LogP contribution in [0.3, 0.4) is 0 Å². The lowest BCUT2D eigenvalue weighted by molar-refractivity contribution is 0.476. The van der Waals surface area contributed by atoms with Crippen LogP contribution in [0.15, 0.2) is 36.7 Å². The van der Waals surface area contributed by atoms with Gasteiger partial charge in [0, 0.05) is 18.8 Å². The summed E-state index contributed by atoms with van der Waals surface area (Å²) in [6.07, 6.45) is 3.23. The van der Waals surface area contributed by atoms with E-state index in [1.165, 1.54) is 5.56 Å². The van der Waals surface area contributed by atoms with E-state index in [0.29, 0.717) is 10.8 Å². The predicted octanol–water partition coefficient (Wildman–Crippen LogP) is 3.95. The third-order valence-corrected chi connectivity index (χ3v) is 2.93. The van der Waals surface area contributed by atoms with Crippen LogP contribution >= 0.6 is 11.6 Å². The predicted molar refractivity (Wildman–Crippen MR) is 77.9 cm³/mol. The van der Waals surface area contributed by atoms with E-state index >= 15 is 0 Å². The Morgan fingerprint density at radius 3 is 2.79 bits per heavy atom. The number of nitrogens with zero attached hydrogens (tertiary/aromatic N) is 1. The van der Waals surface area contributed by atoms with Gasteiger partial charge in [0.2, 0.25) is 0 Å². The third kappa shape index (κ3) is 3.94. The number of benzene rings is 1. The number of rotatable bonds is 5. The highest BCUT2D eigenvalue weighted by Gasteiger charge is 2.03. The second-order valence-corrected chi connectivity index (χ2v) is 4.76. The molecule has 0 amide bonds. The van der Waals surface area contributed by atoms with Gasteiger partial charge < -0.3 is 10.1 Å². The van der Waals surface area contributed by atoms with E-state index in [9.17, 15) is 0 Å². The number of nitrogens with one attached hydrogen (secondary N) is 1. The van der Waals surface area contributed by atoms with E-state index in [4.69, 9.17) is 16.3 Å². The summed E-state index contributed by atoms with van der Waals surface area (Å²) in [5.74, 6) is 1.47. The molecule has 0 radical (unpaired) electrons. The second-order valence-electron chi connectivity index (χ2n) is 4.32. The molecule has 1 heterocycles. The lowest BCUT2D eigenvalue weighted by Gasteiger charge is -2.10. The standard InChI is InChI=1S/C15H17ClN2O/c1-3-17-8-12-4-5-15(11(2)6-12)19-14-7-13(16)9-18-10-14/h4-7,9-10,17H,3,8H2,1-2H3. The number of aromatic nitrogens is 1. The Bertz CT molecular complexity index is 558. The van der Waals surface area contributed by atoms with Gasteiger partial charge in [0.1, 0.15) is 11.5 Å². The number of hydrogen-bond donors (Lipinski definition) is 1. The molecule has 3 nitrogen and oxygen atoms in total. The van der Waals surface area contributed by atoms with Crippen molar-refractivity contribution in [1.82, 2.24) is 10.3 Å². The first-order chi connectivity index (χ1) is 9.19. The van der Waals surface area contributed by atoms with Crippen molar-refractivity contribution in [3.63, 3.8) is 0 Å². The number of hydrogen-bond acceptors (Lipinski definition) is 3. The second kappa shape index (κ2) is 6.55. The summed E-state index contributed by atoms with van der Waals surface area (Å²) in [6, 6.07) is 7.91. The summed E-state index contributed by atoms with van der Waals surface area (Å²) in [4.78, 5) is 4.00. The Hall–Kier alpha value is -1.58. The molecule has 1 aromatic carbocycles. The van der Waals surface area contributed by atoms with Crippen LogP contribution in [-0.4, -0.2) is 11.5 Å². The van der Waals surface area contributed by atoms with Crippen LogP contribution in [-0.2, 0) is 6.54 Å². The molecule has 0 saturated carbocycles. The molecule has 0 saturated heterocycles. The summed E-state index contributed by atoms with van der Waals surface area (Å²) in [6.45, 7) is 5.96. The van der Waals surface area contributed by atoms with Gasteiger partial charge in [-0.2, -0.15) is 0 Å². The van der Waals surface area contributed by atoms with Crippen LogP contribution in [0.2, 0.25) is 5.02 Å². The highest BCUT2D eigenvalue weighted by atomic mass is 35.5. The van der Waals surface area contributed by atoms with Gasteiger partial charge >= 0.3 is 0 Å². The monoisotopic (exact) mass is 276 g/mol. The van der Waals surface area contributed by atoms with Gasteiger partial charge in [-0.15, -0.1) is 0 Å². The van der Waals surface area contributed by atoms with Gasteiger partial charge in [0.15, 0.2) is 0 Å². The molecule has 1 N–H and O–H groups in total. The van der Waals surface area contributed by atoms with Crippen LogP contribution in [0.1, 0.15) is 18.1 Å². The van der Waals surface area contributed by atoms with Gasteiger partial charge in [0.25, 0.3) is 0 Å². The Balaban J connectivity index is 2.13. The average molecular weight is 277 g/mol. The minimum Gasteiger partial charge on any atom is -0.455 e. The molecule has 19 heavy (non-hydrogen) atoms. The summed E-state index contributed by atoms with van der Waals surface area (Å²) in [5.41, 5.74) is 2.34. The first-order valence-corrected chi connectivity index (χ1v) is 6.65. The summed E-state index contributed by atoms with van der Waals surface area (Å²) in [7, 11) is 0. The first kappa shape index (κ1) is 13.8. The van der Waals surface area contributed by atoms with Gasteiger partial charge in [-0.3, -0.25) is 4.98 Å². The fourth-order valence-electron chi connectivity index (χ4n) is 1.78. The van der Waals surface area contributed by atoms with E-state index in [-0.39, 0.29) is 0 Å². The molecule has 0 aliphatic heterocycles. The van der Waals surface area contributed by atoms with Gasteiger partial charge in [0.05, 0.1) is 11.2 Å². The maximum atomic E-state index is 5.88. The van der Waals surface area contributed by atoms with Gasteiger partial charge in [-0.1, -0.05) is 30.7 Å². The lowest BCUT2D eigenvalue weighted by atomic mass is 10.1. The summed E-state index contributed by atoms with van der Waals surface area (Å²) >= 11 is 5.88.